The number of fused-ring (bicyclic) bond motifs is 10. The lowest BCUT2D eigenvalue weighted by Gasteiger charge is -2.30. The Balaban J connectivity index is 1.01. The highest BCUT2D eigenvalue weighted by molar-refractivity contribution is 6.00. The van der Waals surface area contributed by atoms with Gasteiger partial charge in [-0.2, -0.15) is 0 Å². The smallest absolute Gasteiger partial charge is 0.195 e. The summed E-state index contributed by atoms with van der Waals surface area (Å²) in [6.45, 7) is 8.23. The molecule has 0 N–H and O–H groups in total. The van der Waals surface area contributed by atoms with E-state index in [2.05, 4.69) is 169 Å². The van der Waals surface area contributed by atoms with Crippen LogP contribution in [-0.4, -0.2) is 9.97 Å². The van der Waals surface area contributed by atoms with Gasteiger partial charge in [0.25, 0.3) is 0 Å². The fourth-order valence-electron chi connectivity index (χ4n) is 9.20. The number of nitrogens with zero attached hydrogens (tertiary/aromatic N) is 3. The van der Waals surface area contributed by atoms with E-state index < -0.39 is 5.41 Å². The molecule has 264 valence electrons. The van der Waals surface area contributed by atoms with Crippen molar-refractivity contribution in [1.29, 1.82) is 0 Å². The van der Waals surface area contributed by atoms with Crippen molar-refractivity contribution in [3.05, 3.63) is 234 Å². The largest absolute Gasteiger partial charge is 0.238 e. The molecule has 3 heteroatoms. The van der Waals surface area contributed by atoms with Crippen LogP contribution in [0.4, 0.5) is 5.69 Å². The summed E-state index contributed by atoms with van der Waals surface area (Å²) in [6.07, 6.45) is 0. The van der Waals surface area contributed by atoms with Gasteiger partial charge in [-0.15, -0.1) is 0 Å². The maximum absolute atomic E-state index is 8.23. The van der Waals surface area contributed by atoms with Gasteiger partial charge in [0, 0.05) is 16.7 Å². The molecule has 0 bridgehead atoms. The van der Waals surface area contributed by atoms with Gasteiger partial charge >= 0.3 is 0 Å². The maximum atomic E-state index is 8.23. The summed E-state index contributed by atoms with van der Waals surface area (Å²) < 4.78 is 0. The third-order valence-electron chi connectivity index (χ3n) is 11.8. The Morgan fingerprint density at radius 2 is 0.807 bits per heavy atom. The minimum Gasteiger partial charge on any atom is -0.238 e. The van der Waals surface area contributed by atoms with Crippen molar-refractivity contribution in [1.82, 2.24) is 9.97 Å². The highest BCUT2D eigenvalue weighted by Gasteiger charge is 2.51. The van der Waals surface area contributed by atoms with E-state index >= 15 is 0 Å². The van der Waals surface area contributed by atoms with E-state index in [1.807, 2.05) is 36.4 Å². The normalized spacial score (nSPS) is 12.7. The van der Waals surface area contributed by atoms with Crippen LogP contribution in [0.2, 0.25) is 0 Å². The zero-order valence-corrected chi connectivity index (χ0v) is 30.9. The summed E-state index contributed by atoms with van der Waals surface area (Å²) >= 11 is 0. The Morgan fingerprint density at radius 3 is 1.40 bits per heavy atom. The molecule has 3 nitrogen and oxygen atoms in total. The van der Waals surface area contributed by atoms with Crippen LogP contribution in [0.25, 0.3) is 83.3 Å². The highest BCUT2D eigenvalue weighted by Crippen LogP contribution is 2.64. The monoisotopic (exact) mass is 723 g/mol. The number of hydrogen-bond acceptors (Lipinski definition) is 2. The highest BCUT2D eigenvalue weighted by atomic mass is 14.9. The molecule has 1 heterocycles. The Bertz CT molecular complexity index is 3000. The number of benzene rings is 8. The van der Waals surface area contributed by atoms with Crippen LogP contribution >= 0.6 is 0 Å². The number of aromatic nitrogens is 2. The molecule has 0 unspecified atom stereocenters. The summed E-state index contributed by atoms with van der Waals surface area (Å²) in [5.74, 6) is 0.691. The van der Waals surface area contributed by atoms with E-state index in [0.717, 1.165) is 50.3 Å². The van der Waals surface area contributed by atoms with Gasteiger partial charge in [0.05, 0.1) is 23.4 Å². The molecule has 0 radical (unpaired) electrons. The molecule has 0 fully saturated rings. The minimum atomic E-state index is -0.482. The van der Waals surface area contributed by atoms with Crippen molar-refractivity contribution in [3.63, 3.8) is 0 Å². The van der Waals surface area contributed by atoms with Crippen molar-refractivity contribution in [2.24, 2.45) is 0 Å². The number of hydrogen-bond donors (Lipinski definition) is 0. The predicted octanol–water partition coefficient (Wildman–Crippen LogP) is 13.7. The van der Waals surface area contributed by atoms with Crippen molar-refractivity contribution in [2.45, 2.75) is 5.41 Å². The molecule has 0 saturated carbocycles. The van der Waals surface area contributed by atoms with Crippen molar-refractivity contribution < 1.29 is 0 Å². The van der Waals surface area contributed by atoms with Crippen LogP contribution in [0.15, 0.2) is 200 Å². The molecule has 8 aromatic carbocycles. The first-order valence-electron chi connectivity index (χ1n) is 19.3. The van der Waals surface area contributed by atoms with Crippen LogP contribution in [0.1, 0.15) is 22.3 Å². The Kier molecular flexibility index (Phi) is 7.45. The standard InChI is InChI=1S/C54H33N3/c1-55-49-22-12-21-48-52(49)44-33-41(31-32-47(44)54(48)45-19-10-8-17-42(45)43-18-9-11-20-46(43)54)37-25-29-39(30-26-37)51-34-50(56-53(57-51)40-15-6-3-7-16-40)38-27-23-36(24-28-38)35-13-4-2-5-14-35/h2-34H. The van der Waals surface area contributed by atoms with Gasteiger partial charge in [0.15, 0.2) is 11.5 Å². The third kappa shape index (κ3) is 5.05. The summed E-state index contributed by atoms with van der Waals surface area (Å²) in [5.41, 5.74) is 19.1. The lowest BCUT2D eigenvalue weighted by atomic mass is 9.70. The van der Waals surface area contributed by atoms with Crippen LogP contribution in [0.3, 0.4) is 0 Å². The van der Waals surface area contributed by atoms with E-state index in [-0.39, 0.29) is 0 Å². The topological polar surface area (TPSA) is 30.1 Å². The molecule has 2 aliphatic carbocycles. The molecule has 0 aliphatic heterocycles. The molecule has 0 amide bonds. The molecule has 1 spiro atoms. The van der Waals surface area contributed by atoms with Gasteiger partial charge in [0.1, 0.15) is 0 Å². The Morgan fingerprint density at radius 1 is 0.351 bits per heavy atom. The fraction of sp³-hybridized carbons (Fsp3) is 0.0185. The van der Waals surface area contributed by atoms with E-state index in [0.29, 0.717) is 11.5 Å². The average molecular weight is 724 g/mol. The molecule has 0 saturated heterocycles. The van der Waals surface area contributed by atoms with Crippen LogP contribution in [0, 0.1) is 6.57 Å². The van der Waals surface area contributed by atoms with Crippen LogP contribution < -0.4 is 0 Å². The van der Waals surface area contributed by atoms with Crippen LogP contribution in [-0.2, 0) is 5.41 Å². The molecule has 9 aromatic rings. The maximum Gasteiger partial charge on any atom is 0.195 e. The van der Waals surface area contributed by atoms with E-state index in [9.17, 15) is 0 Å². The minimum absolute atomic E-state index is 0.482. The lowest BCUT2D eigenvalue weighted by Crippen LogP contribution is -2.25. The molecular weight excluding hydrogens is 691 g/mol. The van der Waals surface area contributed by atoms with Gasteiger partial charge in [-0.25, -0.2) is 14.8 Å². The van der Waals surface area contributed by atoms with Crippen molar-refractivity contribution in [2.75, 3.05) is 0 Å². The van der Waals surface area contributed by atoms with Crippen molar-refractivity contribution in [3.8, 4) is 78.4 Å². The second-order valence-corrected chi connectivity index (χ2v) is 14.8. The fourth-order valence-corrected chi connectivity index (χ4v) is 9.20. The van der Waals surface area contributed by atoms with E-state index in [1.54, 1.807) is 0 Å². The quantitative estimate of drug-likeness (QED) is 0.166. The molecule has 2 aliphatic rings. The number of rotatable bonds is 5. The Labute approximate surface area is 332 Å². The Hall–Kier alpha value is -7.67. The first-order valence-corrected chi connectivity index (χ1v) is 19.3. The van der Waals surface area contributed by atoms with Crippen molar-refractivity contribution >= 4 is 5.69 Å². The van der Waals surface area contributed by atoms with Gasteiger partial charge in [0.2, 0.25) is 0 Å². The average Bonchev–Trinajstić information content (AvgIpc) is 3.77. The molecule has 1 aromatic heterocycles. The molecule has 0 atom stereocenters. The second kappa shape index (κ2) is 13.0. The molecular formula is C54H33N3. The first kappa shape index (κ1) is 32.7. The summed E-state index contributed by atoms with van der Waals surface area (Å²) in [7, 11) is 0. The summed E-state index contributed by atoms with van der Waals surface area (Å²) in [5, 5.41) is 0. The zero-order chi connectivity index (χ0) is 37.9. The van der Waals surface area contributed by atoms with Gasteiger partial charge < -0.3 is 0 Å². The van der Waals surface area contributed by atoms with E-state index in [4.69, 9.17) is 16.5 Å². The molecule has 11 rings (SSSR count). The van der Waals surface area contributed by atoms with Crippen LogP contribution in [0.5, 0.6) is 0 Å². The summed E-state index contributed by atoms with van der Waals surface area (Å²) in [4.78, 5) is 14.2. The third-order valence-corrected chi connectivity index (χ3v) is 11.8. The van der Waals surface area contributed by atoms with Gasteiger partial charge in [-0.1, -0.05) is 188 Å². The van der Waals surface area contributed by atoms with Gasteiger partial charge in [-0.3, -0.25) is 0 Å². The van der Waals surface area contributed by atoms with Gasteiger partial charge in [-0.05, 0) is 78.9 Å². The first-order chi connectivity index (χ1) is 28.2. The van der Waals surface area contributed by atoms with E-state index in [1.165, 1.54) is 44.5 Å². The lowest BCUT2D eigenvalue weighted by molar-refractivity contribution is 0.794. The summed E-state index contributed by atoms with van der Waals surface area (Å²) in [6, 6.07) is 70.6. The SMILES string of the molecule is [C-]#[N+]c1cccc2c1-c1cc(-c3ccc(-c4cc(-c5ccc(-c6ccccc6)cc5)nc(-c5ccccc5)n4)cc3)ccc1C21c2ccccc2-c2ccccc21. The molecule has 57 heavy (non-hydrogen) atoms. The predicted molar refractivity (Wildman–Crippen MR) is 232 cm³/mol. The zero-order valence-electron chi connectivity index (χ0n) is 30.9. The second-order valence-electron chi connectivity index (χ2n) is 14.8.